The molecule has 1 nitrogen and oxygen atoms in total. The zero-order valence-corrected chi connectivity index (χ0v) is 8.92. The fourth-order valence-electron chi connectivity index (χ4n) is 3.21. The Labute approximate surface area is 81.5 Å². The summed E-state index contributed by atoms with van der Waals surface area (Å²) in [6, 6.07) is 0. The summed E-state index contributed by atoms with van der Waals surface area (Å²) in [4.78, 5) is 0. The van der Waals surface area contributed by atoms with Crippen molar-refractivity contribution in [2.45, 2.75) is 58.0 Å². The second-order valence-electron chi connectivity index (χ2n) is 5.36. The average molecular weight is 182 g/mol. The van der Waals surface area contributed by atoms with Crippen molar-refractivity contribution in [3.05, 3.63) is 0 Å². The molecule has 2 atom stereocenters. The second-order valence-corrected chi connectivity index (χ2v) is 5.36. The van der Waals surface area contributed by atoms with E-state index in [2.05, 4.69) is 13.8 Å². The Hall–Kier alpha value is -0.0400. The van der Waals surface area contributed by atoms with Crippen LogP contribution in [0.5, 0.6) is 0 Å². The molecule has 0 bridgehead atoms. The molecule has 0 aliphatic heterocycles. The van der Waals surface area contributed by atoms with E-state index in [0.717, 1.165) is 6.42 Å². The molecule has 0 saturated heterocycles. The topological polar surface area (TPSA) is 20.2 Å². The monoisotopic (exact) mass is 182 g/mol. The van der Waals surface area contributed by atoms with Gasteiger partial charge < -0.3 is 5.11 Å². The van der Waals surface area contributed by atoms with E-state index in [1.807, 2.05) is 0 Å². The van der Waals surface area contributed by atoms with Crippen molar-refractivity contribution in [2.24, 2.45) is 17.8 Å². The fraction of sp³-hybridized carbons (Fsp3) is 1.00. The third kappa shape index (κ3) is 1.63. The van der Waals surface area contributed by atoms with Gasteiger partial charge in [0.1, 0.15) is 0 Å². The maximum Gasteiger partial charge on any atom is 0.0706 e. The highest BCUT2D eigenvalue weighted by Gasteiger charge is 2.50. The quantitative estimate of drug-likeness (QED) is 0.696. The molecular weight excluding hydrogens is 160 g/mol. The van der Waals surface area contributed by atoms with Crippen molar-refractivity contribution in [1.29, 1.82) is 0 Å². The van der Waals surface area contributed by atoms with Crippen molar-refractivity contribution in [2.75, 3.05) is 0 Å². The molecule has 0 radical (unpaired) electrons. The zero-order chi connectivity index (χ0) is 9.47. The molecule has 2 fully saturated rings. The summed E-state index contributed by atoms with van der Waals surface area (Å²) in [6.07, 6.45) is 7.46. The summed E-state index contributed by atoms with van der Waals surface area (Å²) in [5.74, 6) is 1.89. The van der Waals surface area contributed by atoms with Crippen LogP contribution in [0.25, 0.3) is 0 Å². The summed E-state index contributed by atoms with van der Waals surface area (Å²) in [5.41, 5.74) is -0.271. The van der Waals surface area contributed by atoms with Gasteiger partial charge in [0.05, 0.1) is 5.60 Å². The van der Waals surface area contributed by atoms with Gasteiger partial charge in [0.2, 0.25) is 0 Å². The summed E-state index contributed by atoms with van der Waals surface area (Å²) in [7, 11) is 0. The third-order valence-electron chi connectivity index (χ3n) is 4.07. The van der Waals surface area contributed by atoms with Gasteiger partial charge >= 0.3 is 0 Å². The molecule has 0 aromatic rings. The summed E-state index contributed by atoms with van der Waals surface area (Å²) < 4.78 is 0. The minimum atomic E-state index is -0.271. The van der Waals surface area contributed by atoms with Crippen LogP contribution in [0.4, 0.5) is 0 Å². The average Bonchev–Trinajstić information content (AvgIpc) is 2.86. The summed E-state index contributed by atoms with van der Waals surface area (Å²) in [6.45, 7) is 4.53. The first kappa shape index (κ1) is 9.51. The van der Waals surface area contributed by atoms with Gasteiger partial charge in [-0.25, -0.2) is 0 Å². The Kier molecular flexibility index (Phi) is 2.39. The minimum absolute atomic E-state index is 0.271. The van der Waals surface area contributed by atoms with Crippen LogP contribution in [0.1, 0.15) is 52.4 Å². The molecule has 2 rings (SSSR count). The van der Waals surface area contributed by atoms with E-state index >= 15 is 0 Å². The summed E-state index contributed by atoms with van der Waals surface area (Å²) in [5, 5.41) is 10.6. The van der Waals surface area contributed by atoms with E-state index in [9.17, 15) is 5.11 Å². The highest BCUT2D eigenvalue weighted by Crippen LogP contribution is 2.51. The number of hydrogen-bond acceptors (Lipinski definition) is 1. The van der Waals surface area contributed by atoms with E-state index < -0.39 is 0 Å². The van der Waals surface area contributed by atoms with Crippen molar-refractivity contribution >= 4 is 0 Å². The maximum absolute atomic E-state index is 10.6. The van der Waals surface area contributed by atoms with Gasteiger partial charge in [-0.1, -0.05) is 26.7 Å². The Bertz CT molecular complexity index is 184. The highest BCUT2D eigenvalue weighted by atomic mass is 16.3. The first-order valence-electron chi connectivity index (χ1n) is 5.87. The van der Waals surface area contributed by atoms with Gasteiger partial charge in [-0.3, -0.25) is 0 Å². The molecule has 1 N–H and O–H groups in total. The number of hydrogen-bond donors (Lipinski definition) is 1. The van der Waals surface area contributed by atoms with Gasteiger partial charge in [0.25, 0.3) is 0 Å². The molecule has 1 heteroatoms. The first-order valence-corrected chi connectivity index (χ1v) is 5.87. The van der Waals surface area contributed by atoms with E-state index in [-0.39, 0.29) is 5.60 Å². The van der Waals surface area contributed by atoms with E-state index in [4.69, 9.17) is 0 Å². The molecular formula is C12H22O. The van der Waals surface area contributed by atoms with Crippen LogP contribution in [0, 0.1) is 17.8 Å². The van der Waals surface area contributed by atoms with Crippen molar-refractivity contribution in [3.63, 3.8) is 0 Å². The zero-order valence-electron chi connectivity index (χ0n) is 8.92. The normalized spacial score (nSPS) is 41.1. The van der Waals surface area contributed by atoms with Crippen LogP contribution in [-0.2, 0) is 0 Å². The molecule has 0 amide bonds. The van der Waals surface area contributed by atoms with Gasteiger partial charge in [0.15, 0.2) is 0 Å². The molecule has 0 aromatic heterocycles. The van der Waals surface area contributed by atoms with E-state index in [0.29, 0.717) is 17.8 Å². The van der Waals surface area contributed by atoms with Gasteiger partial charge in [-0.05, 0) is 43.4 Å². The highest BCUT2D eigenvalue weighted by molar-refractivity contribution is 5.01. The lowest BCUT2D eigenvalue weighted by atomic mass is 9.68. The molecule has 2 unspecified atom stereocenters. The maximum atomic E-state index is 10.6. The van der Waals surface area contributed by atoms with Crippen molar-refractivity contribution in [3.8, 4) is 0 Å². The molecule has 2 saturated carbocycles. The number of rotatable bonds is 2. The lowest BCUT2D eigenvalue weighted by molar-refractivity contribution is -0.0833. The van der Waals surface area contributed by atoms with Gasteiger partial charge in [-0.15, -0.1) is 0 Å². The standard InChI is InChI=1S/C12H22O/c1-9(2)11-5-3-4-8-12(11,13)10-6-7-10/h9-11,13H,3-8H2,1-2H3. The number of aliphatic hydroxyl groups is 1. The molecule has 2 aliphatic rings. The second kappa shape index (κ2) is 3.27. The first-order chi connectivity index (χ1) is 6.14. The van der Waals surface area contributed by atoms with Crippen LogP contribution >= 0.6 is 0 Å². The largest absolute Gasteiger partial charge is 0.389 e. The van der Waals surface area contributed by atoms with E-state index in [1.165, 1.54) is 32.1 Å². The van der Waals surface area contributed by atoms with E-state index in [1.54, 1.807) is 0 Å². The molecule has 0 spiro atoms. The summed E-state index contributed by atoms with van der Waals surface area (Å²) >= 11 is 0. The minimum Gasteiger partial charge on any atom is -0.389 e. The molecule has 13 heavy (non-hydrogen) atoms. The fourth-order valence-corrected chi connectivity index (χ4v) is 3.21. The third-order valence-corrected chi connectivity index (χ3v) is 4.07. The Morgan fingerprint density at radius 1 is 1.15 bits per heavy atom. The molecule has 76 valence electrons. The predicted molar refractivity (Wildman–Crippen MR) is 54.5 cm³/mol. The smallest absolute Gasteiger partial charge is 0.0706 e. The van der Waals surface area contributed by atoms with Crippen molar-refractivity contribution in [1.82, 2.24) is 0 Å². The van der Waals surface area contributed by atoms with Crippen LogP contribution in [-0.4, -0.2) is 10.7 Å². The van der Waals surface area contributed by atoms with Crippen LogP contribution in [0.15, 0.2) is 0 Å². The van der Waals surface area contributed by atoms with Gasteiger partial charge in [-0.2, -0.15) is 0 Å². The lowest BCUT2D eigenvalue weighted by Gasteiger charge is -2.42. The Morgan fingerprint density at radius 3 is 2.38 bits per heavy atom. The molecule has 2 aliphatic carbocycles. The SMILES string of the molecule is CC(C)C1CCCCC1(O)C1CC1. The van der Waals surface area contributed by atoms with Crippen LogP contribution in [0.3, 0.4) is 0 Å². The Morgan fingerprint density at radius 2 is 1.85 bits per heavy atom. The van der Waals surface area contributed by atoms with Crippen LogP contribution < -0.4 is 0 Å². The molecule has 0 aromatic carbocycles. The molecule has 0 heterocycles. The predicted octanol–water partition coefficient (Wildman–Crippen LogP) is 2.97. The van der Waals surface area contributed by atoms with Gasteiger partial charge in [0, 0.05) is 0 Å². The Balaban J connectivity index is 2.11. The van der Waals surface area contributed by atoms with Crippen molar-refractivity contribution < 1.29 is 5.11 Å². The lowest BCUT2D eigenvalue weighted by Crippen LogP contribution is -2.45. The van der Waals surface area contributed by atoms with Crippen LogP contribution in [0.2, 0.25) is 0 Å².